The molecule has 0 aliphatic heterocycles. The molecular formula is C11H9N5O2S. The number of hydrogen-bond acceptors (Lipinski definition) is 8. The van der Waals surface area contributed by atoms with E-state index in [2.05, 4.69) is 24.7 Å². The van der Waals surface area contributed by atoms with Crippen molar-refractivity contribution < 1.29 is 9.26 Å². The van der Waals surface area contributed by atoms with Crippen molar-refractivity contribution in [1.82, 2.24) is 24.7 Å². The Hall–Kier alpha value is -2.35. The Labute approximate surface area is 112 Å². The van der Waals surface area contributed by atoms with Crippen LogP contribution in [0.4, 0.5) is 0 Å². The van der Waals surface area contributed by atoms with Crippen molar-refractivity contribution in [2.24, 2.45) is 0 Å². The van der Waals surface area contributed by atoms with Gasteiger partial charge in [-0.3, -0.25) is 0 Å². The maximum absolute atomic E-state index is 5.23. The molecule has 0 atom stereocenters. The van der Waals surface area contributed by atoms with Crippen LogP contribution in [0.1, 0.15) is 5.69 Å². The summed E-state index contributed by atoms with van der Waals surface area (Å²) in [4.78, 5) is 9.13. The Morgan fingerprint density at radius 3 is 3.00 bits per heavy atom. The largest absolute Gasteiger partial charge is 0.481 e. The minimum atomic E-state index is 0.415. The number of pyridine rings is 1. The van der Waals surface area contributed by atoms with E-state index in [0.717, 1.165) is 16.1 Å². The molecule has 0 saturated heterocycles. The fourth-order valence-electron chi connectivity index (χ4n) is 1.52. The number of methoxy groups -OCH3 is 1. The van der Waals surface area contributed by atoms with E-state index in [1.54, 1.807) is 25.4 Å². The lowest BCUT2D eigenvalue weighted by atomic mass is 10.2. The molecule has 0 aliphatic rings. The summed E-state index contributed by atoms with van der Waals surface area (Å²) in [6.45, 7) is 1.85. The van der Waals surface area contributed by atoms with E-state index in [1.807, 2.05) is 6.92 Å². The predicted octanol–water partition coefficient (Wildman–Crippen LogP) is 1.97. The van der Waals surface area contributed by atoms with Crippen molar-refractivity contribution in [3.8, 4) is 28.0 Å². The molecule has 19 heavy (non-hydrogen) atoms. The van der Waals surface area contributed by atoms with Crippen LogP contribution in [0.2, 0.25) is 0 Å². The number of hydrogen-bond donors (Lipinski definition) is 0. The first kappa shape index (κ1) is 11.7. The summed E-state index contributed by atoms with van der Waals surface area (Å²) < 4.78 is 14.1. The highest BCUT2D eigenvalue weighted by atomic mass is 32.1. The monoisotopic (exact) mass is 275 g/mol. The Morgan fingerprint density at radius 2 is 2.26 bits per heavy atom. The average Bonchev–Trinajstić information content (AvgIpc) is 3.07. The third-order valence-electron chi connectivity index (χ3n) is 2.47. The zero-order valence-electron chi connectivity index (χ0n) is 10.2. The van der Waals surface area contributed by atoms with Gasteiger partial charge in [0, 0.05) is 17.8 Å². The van der Waals surface area contributed by atoms with Crippen molar-refractivity contribution >= 4 is 11.5 Å². The molecule has 0 aromatic carbocycles. The first-order chi connectivity index (χ1) is 9.28. The van der Waals surface area contributed by atoms with E-state index < -0.39 is 0 Å². The molecule has 0 radical (unpaired) electrons. The predicted molar refractivity (Wildman–Crippen MR) is 67.7 cm³/mol. The van der Waals surface area contributed by atoms with Gasteiger partial charge in [-0.1, -0.05) is 9.64 Å². The summed E-state index contributed by atoms with van der Waals surface area (Å²) in [5.41, 5.74) is 1.55. The highest BCUT2D eigenvalue weighted by Gasteiger charge is 2.15. The van der Waals surface area contributed by atoms with Gasteiger partial charge >= 0.3 is 0 Å². The van der Waals surface area contributed by atoms with E-state index in [1.165, 1.54) is 11.5 Å². The standard InChI is InChI=1S/C11H9N5O2S/c1-6-9(19-16-14-6)11-13-10(15-18-11)7-3-4-12-8(5-7)17-2/h3-5H,1-2H3. The lowest BCUT2D eigenvalue weighted by molar-refractivity contribution is 0.398. The maximum Gasteiger partial charge on any atom is 0.271 e. The second-order valence-corrected chi connectivity index (χ2v) is 4.45. The van der Waals surface area contributed by atoms with E-state index >= 15 is 0 Å². The van der Waals surface area contributed by atoms with Gasteiger partial charge in [-0.15, -0.1) is 5.10 Å². The van der Waals surface area contributed by atoms with Gasteiger partial charge in [0.1, 0.15) is 4.88 Å². The molecular weight excluding hydrogens is 266 g/mol. The summed E-state index contributed by atoms with van der Waals surface area (Å²) in [5.74, 6) is 1.39. The molecule has 96 valence electrons. The lowest BCUT2D eigenvalue weighted by Crippen LogP contribution is -1.88. The molecule has 3 aromatic rings. The normalized spacial score (nSPS) is 10.6. The van der Waals surface area contributed by atoms with E-state index in [-0.39, 0.29) is 0 Å². The number of nitrogens with zero attached hydrogens (tertiary/aromatic N) is 5. The smallest absolute Gasteiger partial charge is 0.271 e. The van der Waals surface area contributed by atoms with Crippen molar-refractivity contribution in [1.29, 1.82) is 0 Å². The number of rotatable bonds is 3. The van der Waals surface area contributed by atoms with Crippen molar-refractivity contribution in [2.45, 2.75) is 6.92 Å². The fourth-order valence-corrected chi connectivity index (χ4v) is 2.10. The molecule has 3 heterocycles. The van der Waals surface area contributed by atoms with Crippen molar-refractivity contribution in [3.05, 3.63) is 24.0 Å². The summed E-state index contributed by atoms with van der Waals surface area (Å²) in [5, 5.41) is 7.85. The topological polar surface area (TPSA) is 86.8 Å². The Balaban J connectivity index is 1.99. The third-order valence-corrected chi connectivity index (χ3v) is 3.29. The molecule has 3 rings (SSSR count). The van der Waals surface area contributed by atoms with Gasteiger partial charge < -0.3 is 9.26 Å². The average molecular weight is 275 g/mol. The molecule has 8 heteroatoms. The Kier molecular flexibility index (Phi) is 2.92. The van der Waals surface area contributed by atoms with Gasteiger partial charge in [0.05, 0.1) is 12.8 Å². The molecule has 0 N–H and O–H groups in total. The Bertz CT molecular complexity index is 708. The van der Waals surface area contributed by atoms with Crippen LogP contribution in [0.15, 0.2) is 22.9 Å². The van der Waals surface area contributed by atoms with Crippen molar-refractivity contribution in [3.63, 3.8) is 0 Å². The molecule has 7 nitrogen and oxygen atoms in total. The summed E-state index contributed by atoms with van der Waals surface area (Å²) in [6, 6.07) is 3.53. The summed E-state index contributed by atoms with van der Waals surface area (Å²) in [7, 11) is 1.56. The van der Waals surface area contributed by atoms with Gasteiger partial charge in [-0.25, -0.2) is 4.98 Å². The van der Waals surface area contributed by atoms with Gasteiger partial charge in [0.2, 0.25) is 11.7 Å². The van der Waals surface area contributed by atoms with Crippen LogP contribution < -0.4 is 4.74 Å². The minimum Gasteiger partial charge on any atom is -0.481 e. The first-order valence-electron chi connectivity index (χ1n) is 5.41. The van der Waals surface area contributed by atoms with Crippen LogP contribution in [-0.4, -0.2) is 31.8 Å². The number of aryl methyl sites for hydroxylation is 1. The van der Waals surface area contributed by atoms with E-state index in [9.17, 15) is 0 Å². The first-order valence-corrected chi connectivity index (χ1v) is 6.18. The second-order valence-electron chi connectivity index (χ2n) is 3.70. The maximum atomic E-state index is 5.23. The molecule has 0 bridgehead atoms. The lowest BCUT2D eigenvalue weighted by Gasteiger charge is -1.98. The highest BCUT2D eigenvalue weighted by Crippen LogP contribution is 2.27. The van der Waals surface area contributed by atoms with Gasteiger partial charge in [-0.2, -0.15) is 4.98 Å². The zero-order chi connectivity index (χ0) is 13.2. The second kappa shape index (κ2) is 4.73. The fraction of sp³-hybridized carbons (Fsp3) is 0.182. The number of aromatic nitrogens is 5. The zero-order valence-corrected chi connectivity index (χ0v) is 11.0. The van der Waals surface area contributed by atoms with Crippen LogP contribution in [-0.2, 0) is 0 Å². The molecule has 0 fully saturated rings. The molecule has 0 saturated carbocycles. The quantitative estimate of drug-likeness (QED) is 0.722. The summed E-state index contributed by atoms with van der Waals surface area (Å²) >= 11 is 1.22. The third kappa shape index (κ3) is 2.17. The summed E-state index contributed by atoms with van der Waals surface area (Å²) in [6.07, 6.45) is 1.63. The molecule has 0 unspecified atom stereocenters. The molecule has 0 amide bonds. The molecule has 0 spiro atoms. The van der Waals surface area contributed by atoms with Crippen LogP contribution in [0, 0.1) is 6.92 Å². The van der Waals surface area contributed by atoms with E-state index in [0.29, 0.717) is 17.6 Å². The van der Waals surface area contributed by atoms with Crippen LogP contribution in [0.25, 0.3) is 22.2 Å². The van der Waals surface area contributed by atoms with Gasteiger partial charge in [0.15, 0.2) is 0 Å². The number of ether oxygens (including phenoxy) is 1. The Morgan fingerprint density at radius 1 is 1.37 bits per heavy atom. The minimum absolute atomic E-state index is 0.415. The van der Waals surface area contributed by atoms with Crippen LogP contribution in [0.3, 0.4) is 0 Å². The molecule has 3 aromatic heterocycles. The van der Waals surface area contributed by atoms with Gasteiger partial charge in [-0.05, 0) is 24.5 Å². The van der Waals surface area contributed by atoms with Gasteiger partial charge in [0.25, 0.3) is 5.89 Å². The van der Waals surface area contributed by atoms with Crippen molar-refractivity contribution in [2.75, 3.05) is 7.11 Å². The van der Waals surface area contributed by atoms with E-state index in [4.69, 9.17) is 9.26 Å². The van der Waals surface area contributed by atoms with Crippen LogP contribution in [0.5, 0.6) is 5.88 Å². The molecule has 0 aliphatic carbocycles. The highest BCUT2D eigenvalue weighted by molar-refractivity contribution is 7.09. The SMILES string of the molecule is COc1cc(-c2noc(-c3snnc3C)n2)ccn1. The van der Waals surface area contributed by atoms with Crippen LogP contribution >= 0.6 is 11.5 Å².